The zero-order valence-electron chi connectivity index (χ0n) is 11.9. The summed E-state index contributed by atoms with van der Waals surface area (Å²) in [6, 6.07) is 8.06. The molecule has 1 heterocycles. The van der Waals surface area contributed by atoms with E-state index in [-0.39, 0.29) is 12.5 Å². The SMILES string of the molecule is CCn1c(CC(O)(CN)C(C)C)nc2ccccc21. The molecule has 4 nitrogen and oxygen atoms in total. The Morgan fingerprint density at radius 1 is 1.37 bits per heavy atom. The summed E-state index contributed by atoms with van der Waals surface area (Å²) in [4.78, 5) is 4.65. The van der Waals surface area contributed by atoms with Crippen LogP contribution in [0.5, 0.6) is 0 Å². The van der Waals surface area contributed by atoms with Gasteiger partial charge in [-0.25, -0.2) is 4.98 Å². The average molecular weight is 261 g/mol. The van der Waals surface area contributed by atoms with Crippen LogP contribution in [0.4, 0.5) is 0 Å². The van der Waals surface area contributed by atoms with Crippen LogP contribution in [0.2, 0.25) is 0 Å². The van der Waals surface area contributed by atoms with E-state index in [4.69, 9.17) is 5.73 Å². The third-order valence-corrected chi connectivity index (χ3v) is 3.94. The minimum Gasteiger partial charge on any atom is -0.388 e. The molecule has 2 aromatic rings. The molecular formula is C15H23N3O. The molecular weight excluding hydrogens is 238 g/mol. The van der Waals surface area contributed by atoms with Crippen molar-refractivity contribution in [2.45, 2.75) is 39.3 Å². The van der Waals surface area contributed by atoms with Gasteiger partial charge in [-0.2, -0.15) is 0 Å². The van der Waals surface area contributed by atoms with E-state index in [9.17, 15) is 5.11 Å². The summed E-state index contributed by atoms with van der Waals surface area (Å²) in [5, 5.41) is 10.6. The molecule has 104 valence electrons. The van der Waals surface area contributed by atoms with Gasteiger partial charge in [0, 0.05) is 19.5 Å². The van der Waals surface area contributed by atoms with Crippen molar-refractivity contribution in [3.05, 3.63) is 30.1 Å². The fourth-order valence-electron chi connectivity index (χ4n) is 2.40. The second kappa shape index (κ2) is 5.31. The van der Waals surface area contributed by atoms with Crippen molar-refractivity contribution in [3.63, 3.8) is 0 Å². The first kappa shape index (κ1) is 14.0. The number of nitrogens with zero attached hydrogens (tertiary/aromatic N) is 2. The highest BCUT2D eigenvalue weighted by Crippen LogP contribution is 2.24. The molecule has 0 aliphatic heterocycles. The summed E-state index contributed by atoms with van der Waals surface area (Å²) >= 11 is 0. The number of benzene rings is 1. The lowest BCUT2D eigenvalue weighted by Gasteiger charge is -2.30. The average Bonchev–Trinajstić information content (AvgIpc) is 2.75. The van der Waals surface area contributed by atoms with Crippen LogP contribution in [-0.4, -0.2) is 26.8 Å². The number of imidazole rings is 1. The molecule has 1 unspecified atom stereocenters. The quantitative estimate of drug-likeness (QED) is 0.864. The van der Waals surface area contributed by atoms with Gasteiger partial charge in [0.05, 0.1) is 16.6 Å². The molecule has 0 bridgehead atoms. The maximum Gasteiger partial charge on any atom is 0.112 e. The summed E-state index contributed by atoms with van der Waals surface area (Å²) in [5.74, 6) is 1.01. The fourth-order valence-corrected chi connectivity index (χ4v) is 2.40. The largest absolute Gasteiger partial charge is 0.388 e. The molecule has 0 aliphatic rings. The standard InChI is InChI=1S/C15H23N3O/c1-4-18-13-8-6-5-7-12(13)17-14(18)9-15(19,10-16)11(2)3/h5-8,11,19H,4,9-10,16H2,1-3H3. The van der Waals surface area contributed by atoms with Crippen LogP contribution >= 0.6 is 0 Å². The van der Waals surface area contributed by atoms with E-state index in [1.807, 2.05) is 32.0 Å². The molecule has 1 atom stereocenters. The second-order valence-corrected chi connectivity index (χ2v) is 5.40. The summed E-state index contributed by atoms with van der Waals surface area (Å²) in [7, 11) is 0. The van der Waals surface area contributed by atoms with Crippen LogP contribution in [0.25, 0.3) is 11.0 Å². The number of rotatable bonds is 5. The number of hydrogen-bond acceptors (Lipinski definition) is 3. The number of aromatic nitrogens is 2. The number of hydrogen-bond donors (Lipinski definition) is 2. The third kappa shape index (κ3) is 2.51. The Hall–Kier alpha value is -1.39. The maximum absolute atomic E-state index is 10.6. The predicted octanol–water partition coefficient (Wildman–Crippen LogP) is 1.94. The number of fused-ring (bicyclic) bond motifs is 1. The molecule has 19 heavy (non-hydrogen) atoms. The Bertz CT molecular complexity index is 562. The maximum atomic E-state index is 10.6. The Morgan fingerprint density at radius 2 is 2.05 bits per heavy atom. The zero-order chi connectivity index (χ0) is 14.0. The van der Waals surface area contributed by atoms with E-state index in [0.29, 0.717) is 6.42 Å². The number of aliphatic hydroxyl groups is 1. The lowest BCUT2D eigenvalue weighted by atomic mass is 9.87. The highest BCUT2D eigenvalue weighted by Gasteiger charge is 2.31. The summed E-state index contributed by atoms with van der Waals surface area (Å²) in [6.07, 6.45) is 0.490. The Kier molecular flexibility index (Phi) is 3.92. The molecule has 0 radical (unpaired) electrons. The first-order valence-electron chi connectivity index (χ1n) is 6.88. The van der Waals surface area contributed by atoms with Gasteiger partial charge in [-0.1, -0.05) is 26.0 Å². The van der Waals surface area contributed by atoms with Gasteiger partial charge in [-0.3, -0.25) is 0 Å². The molecule has 0 saturated carbocycles. The van der Waals surface area contributed by atoms with Gasteiger partial charge in [0.2, 0.25) is 0 Å². The van der Waals surface area contributed by atoms with Crippen LogP contribution in [-0.2, 0) is 13.0 Å². The Labute approximate surface area is 114 Å². The van der Waals surface area contributed by atoms with Crippen LogP contribution in [0, 0.1) is 5.92 Å². The van der Waals surface area contributed by atoms with E-state index >= 15 is 0 Å². The van der Waals surface area contributed by atoms with Crippen molar-refractivity contribution in [1.82, 2.24) is 9.55 Å². The van der Waals surface area contributed by atoms with E-state index in [2.05, 4.69) is 22.5 Å². The minimum absolute atomic E-state index is 0.0996. The van der Waals surface area contributed by atoms with Gasteiger partial charge in [0.25, 0.3) is 0 Å². The van der Waals surface area contributed by atoms with Crippen LogP contribution in [0.15, 0.2) is 24.3 Å². The zero-order valence-corrected chi connectivity index (χ0v) is 11.9. The molecule has 4 heteroatoms. The normalized spacial score (nSPS) is 15.1. The van der Waals surface area contributed by atoms with Crippen molar-refractivity contribution in [2.75, 3.05) is 6.54 Å². The fraction of sp³-hybridized carbons (Fsp3) is 0.533. The van der Waals surface area contributed by atoms with Crippen LogP contribution in [0.3, 0.4) is 0 Å². The van der Waals surface area contributed by atoms with Gasteiger partial charge in [-0.05, 0) is 25.0 Å². The number of aryl methyl sites for hydroxylation is 1. The highest BCUT2D eigenvalue weighted by molar-refractivity contribution is 5.75. The molecule has 1 aromatic heterocycles. The first-order valence-corrected chi connectivity index (χ1v) is 6.88. The number of para-hydroxylation sites is 2. The molecule has 3 N–H and O–H groups in total. The smallest absolute Gasteiger partial charge is 0.112 e. The predicted molar refractivity (Wildman–Crippen MR) is 78.0 cm³/mol. The number of nitrogens with two attached hydrogens (primary N) is 1. The highest BCUT2D eigenvalue weighted by atomic mass is 16.3. The van der Waals surface area contributed by atoms with Gasteiger partial charge in [-0.15, -0.1) is 0 Å². The minimum atomic E-state index is -0.895. The van der Waals surface area contributed by atoms with E-state index in [1.165, 1.54) is 0 Å². The van der Waals surface area contributed by atoms with Gasteiger partial charge < -0.3 is 15.4 Å². The van der Waals surface area contributed by atoms with Crippen LogP contribution in [0.1, 0.15) is 26.6 Å². The van der Waals surface area contributed by atoms with Gasteiger partial charge in [0.1, 0.15) is 5.82 Å². The molecule has 0 aliphatic carbocycles. The second-order valence-electron chi connectivity index (χ2n) is 5.40. The van der Waals surface area contributed by atoms with Crippen molar-refractivity contribution >= 4 is 11.0 Å². The van der Waals surface area contributed by atoms with Crippen molar-refractivity contribution in [2.24, 2.45) is 11.7 Å². The third-order valence-electron chi connectivity index (χ3n) is 3.94. The van der Waals surface area contributed by atoms with Crippen LogP contribution < -0.4 is 5.73 Å². The molecule has 2 rings (SSSR count). The topological polar surface area (TPSA) is 64.1 Å². The molecule has 1 aromatic carbocycles. The van der Waals surface area contributed by atoms with Crippen molar-refractivity contribution in [1.29, 1.82) is 0 Å². The Morgan fingerprint density at radius 3 is 2.63 bits per heavy atom. The first-order chi connectivity index (χ1) is 9.01. The van der Waals surface area contributed by atoms with E-state index in [1.54, 1.807) is 0 Å². The molecule has 0 spiro atoms. The molecule has 0 amide bonds. The summed E-state index contributed by atoms with van der Waals surface area (Å²) < 4.78 is 2.15. The van der Waals surface area contributed by atoms with Crippen molar-refractivity contribution < 1.29 is 5.11 Å². The Balaban J connectivity index is 2.45. The molecule has 0 fully saturated rings. The lowest BCUT2D eigenvalue weighted by molar-refractivity contribution is 0.00176. The monoisotopic (exact) mass is 261 g/mol. The summed E-state index contributed by atoms with van der Waals surface area (Å²) in [6.45, 7) is 7.16. The van der Waals surface area contributed by atoms with Gasteiger partial charge >= 0.3 is 0 Å². The van der Waals surface area contributed by atoms with E-state index in [0.717, 1.165) is 23.4 Å². The molecule has 0 saturated heterocycles. The van der Waals surface area contributed by atoms with E-state index < -0.39 is 5.60 Å². The van der Waals surface area contributed by atoms with Crippen molar-refractivity contribution in [3.8, 4) is 0 Å². The summed E-state index contributed by atoms with van der Waals surface area (Å²) in [5.41, 5.74) is 6.95. The lowest BCUT2D eigenvalue weighted by Crippen LogP contribution is -2.45. The van der Waals surface area contributed by atoms with Gasteiger partial charge in [0.15, 0.2) is 0 Å².